The number of benzene rings is 1. The van der Waals surface area contributed by atoms with Gasteiger partial charge in [0.25, 0.3) is 0 Å². The Morgan fingerprint density at radius 2 is 1.53 bits per heavy atom. The van der Waals surface area contributed by atoms with Crippen molar-refractivity contribution in [3.05, 3.63) is 35.4 Å². The van der Waals surface area contributed by atoms with Gasteiger partial charge < -0.3 is 0 Å². The summed E-state index contributed by atoms with van der Waals surface area (Å²) in [6.45, 7) is 14.4. The molecule has 108 valence electrons. The van der Waals surface area contributed by atoms with Crippen LogP contribution in [0.4, 0.5) is 0 Å². The van der Waals surface area contributed by atoms with Crippen LogP contribution in [-0.4, -0.2) is 0 Å². The first-order valence-corrected chi connectivity index (χ1v) is 7.04. The zero-order valence-electron chi connectivity index (χ0n) is 13.3. The second kappa shape index (κ2) is 6.06. The van der Waals surface area contributed by atoms with E-state index in [2.05, 4.69) is 70.6 Å². The van der Waals surface area contributed by atoms with E-state index in [1.54, 1.807) is 0 Å². The molecule has 0 saturated carbocycles. The summed E-state index contributed by atoms with van der Waals surface area (Å²) < 4.78 is 0. The van der Waals surface area contributed by atoms with Crippen molar-refractivity contribution in [3.8, 4) is 0 Å². The number of hydrogen-bond acceptors (Lipinski definition) is 2. The zero-order valence-corrected chi connectivity index (χ0v) is 13.3. The van der Waals surface area contributed by atoms with Crippen LogP contribution in [-0.2, 0) is 11.4 Å². The van der Waals surface area contributed by atoms with Crippen LogP contribution in [0.2, 0.25) is 0 Å². The molecular formula is C17H29NO. The molecule has 2 heteroatoms. The quantitative estimate of drug-likeness (QED) is 0.803. The molecule has 0 spiro atoms. The minimum atomic E-state index is 0.263. The first-order valence-electron chi connectivity index (χ1n) is 7.04. The maximum absolute atomic E-state index is 5.11. The summed E-state index contributed by atoms with van der Waals surface area (Å²) in [5, 5.41) is 0. The highest BCUT2D eigenvalue weighted by molar-refractivity contribution is 5.26. The van der Waals surface area contributed by atoms with E-state index in [1.807, 2.05) is 0 Å². The van der Waals surface area contributed by atoms with E-state index in [0.29, 0.717) is 17.9 Å². The molecule has 0 bridgehead atoms. The van der Waals surface area contributed by atoms with Crippen molar-refractivity contribution in [2.75, 3.05) is 0 Å². The van der Waals surface area contributed by atoms with Gasteiger partial charge in [-0.05, 0) is 34.3 Å². The minimum absolute atomic E-state index is 0.263. The van der Waals surface area contributed by atoms with Gasteiger partial charge in [0.15, 0.2) is 0 Å². The molecule has 1 unspecified atom stereocenters. The van der Waals surface area contributed by atoms with Crippen molar-refractivity contribution in [1.82, 2.24) is 0 Å². The number of hydrogen-bond donors (Lipinski definition) is 1. The highest BCUT2D eigenvalue weighted by Crippen LogP contribution is 2.42. The Kier molecular flexibility index (Phi) is 5.17. The first-order chi connectivity index (χ1) is 8.63. The van der Waals surface area contributed by atoms with E-state index in [4.69, 9.17) is 5.90 Å². The smallest absolute Gasteiger partial charge is 0.0930 e. The fourth-order valence-corrected chi connectivity index (χ4v) is 2.48. The molecule has 0 aliphatic carbocycles. The SMILES string of the molecule is CC(C)(C)CC(c1ccc(CON)cc1)C(C)(C)C. The molecule has 1 aromatic rings. The molecule has 0 saturated heterocycles. The van der Waals surface area contributed by atoms with Crippen molar-refractivity contribution in [2.45, 2.75) is 60.5 Å². The first kappa shape index (κ1) is 16.2. The second-order valence-corrected chi connectivity index (χ2v) is 7.74. The van der Waals surface area contributed by atoms with Crippen molar-refractivity contribution < 1.29 is 4.84 Å². The standard InChI is InChI=1S/C17H29NO/c1-16(2,3)11-15(17(4,5)6)14-9-7-13(8-10-14)12-19-18/h7-10,15H,11-12,18H2,1-6H3. The van der Waals surface area contributed by atoms with Crippen LogP contribution in [0.3, 0.4) is 0 Å². The highest BCUT2D eigenvalue weighted by Gasteiger charge is 2.30. The average molecular weight is 263 g/mol. The van der Waals surface area contributed by atoms with Crippen LogP contribution in [0.1, 0.15) is 65.0 Å². The molecule has 0 fully saturated rings. The lowest BCUT2D eigenvalue weighted by Gasteiger charge is -2.36. The van der Waals surface area contributed by atoms with Gasteiger partial charge in [0.2, 0.25) is 0 Å². The van der Waals surface area contributed by atoms with E-state index in [1.165, 1.54) is 12.0 Å². The van der Waals surface area contributed by atoms with E-state index in [9.17, 15) is 0 Å². The summed E-state index contributed by atoms with van der Waals surface area (Å²) in [5.74, 6) is 5.67. The van der Waals surface area contributed by atoms with Gasteiger partial charge in [0, 0.05) is 0 Å². The normalized spacial score (nSPS) is 14.5. The molecule has 19 heavy (non-hydrogen) atoms. The molecule has 0 radical (unpaired) electrons. The molecular weight excluding hydrogens is 234 g/mol. The van der Waals surface area contributed by atoms with E-state index in [-0.39, 0.29) is 5.41 Å². The predicted octanol–water partition coefficient (Wildman–Crippen LogP) is 4.64. The molecule has 0 aromatic heterocycles. The van der Waals surface area contributed by atoms with E-state index >= 15 is 0 Å². The van der Waals surface area contributed by atoms with Crippen molar-refractivity contribution in [3.63, 3.8) is 0 Å². The third-order valence-electron chi connectivity index (χ3n) is 3.49. The summed E-state index contributed by atoms with van der Waals surface area (Å²) in [7, 11) is 0. The Morgan fingerprint density at radius 3 is 1.89 bits per heavy atom. The summed E-state index contributed by atoms with van der Waals surface area (Å²) in [6, 6.07) is 8.67. The third kappa shape index (κ3) is 5.33. The second-order valence-electron chi connectivity index (χ2n) is 7.74. The Balaban J connectivity index is 2.98. The maximum Gasteiger partial charge on any atom is 0.0930 e. The molecule has 2 N–H and O–H groups in total. The lowest BCUT2D eigenvalue weighted by Crippen LogP contribution is -2.23. The molecule has 1 rings (SSSR count). The Bertz CT molecular complexity index is 381. The van der Waals surface area contributed by atoms with Gasteiger partial charge in [-0.3, -0.25) is 4.84 Å². The van der Waals surface area contributed by atoms with Crippen LogP contribution < -0.4 is 5.90 Å². The summed E-state index contributed by atoms with van der Waals surface area (Å²) >= 11 is 0. The fraction of sp³-hybridized carbons (Fsp3) is 0.647. The van der Waals surface area contributed by atoms with Gasteiger partial charge in [-0.2, -0.15) is 0 Å². The fourth-order valence-electron chi connectivity index (χ4n) is 2.48. The summed E-state index contributed by atoms with van der Waals surface area (Å²) in [5.41, 5.74) is 3.12. The van der Waals surface area contributed by atoms with Crippen molar-refractivity contribution in [2.24, 2.45) is 16.7 Å². The minimum Gasteiger partial charge on any atom is -0.300 e. The van der Waals surface area contributed by atoms with Gasteiger partial charge in [-0.25, -0.2) is 5.90 Å². The largest absolute Gasteiger partial charge is 0.300 e. The van der Waals surface area contributed by atoms with Crippen LogP contribution in [0.5, 0.6) is 0 Å². The maximum atomic E-state index is 5.11. The van der Waals surface area contributed by atoms with Crippen LogP contribution in [0.25, 0.3) is 0 Å². The zero-order chi connectivity index (χ0) is 14.7. The number of nitrogens with two attached hydrogens (primary N) is 1. The van der Waals surface area contributed by atoms with Gasteiger partial charge in [-0.1, -0.05) is 65.8 Å². The van der Waals surface area contributed by atoms with Crippen molar-refractivity contribution in [1.29, 1.82) is 0 Å². The molecule has 2 nitrogen and oxygen atoms in total. The molecule has 0 amide bonds. The number of rotatable bonds is 4. The van der Waals surface area contributed by atoms with Crippen LogP contribution in [0, 0.1) is 10.8 Å². The van der Waals surface area contributed by atoms with E-state index < -0.39 is 0 Å². The molecule has 0 heterocycles. The van der Waals surface area contributed by atoms with Gasteiger partial charge >= 0.3 is 0 Å². The average Bonchev–Trinajstić information content (AvgIpc) is 2.25. The molecule has 0 aliphatic rings. The molecule has 1 aromatic carbocycles. The summed E-state index contributed by atoms with van der Waals surface area (Å²) in [4.78, 5) is 4.68. The van der Waals surface area contributed by atoms with Gasteiger partial charge in [0.05, 0.1) is 6.61 Å². The van der Waals surface area contributed by atoms with Gasteiger partial charge in [-0.15, -0.1) is 0 Å². The predicted molar refractivity (Wildman–Crippen MR) is 81.7 cm³/mol. The Morgan fingerprint density at radius 1 is 1.00 bits per heavy atom. The lowest BCUT2D eigenvalue weighted by molar-refractivity contribution is 0.124. The lowest BCUT2D eigenvalue weighted by atomic mass is 9.69. The molecule has 0 aliphatic heterocycles. The van der Waals surface area contributed by atoms with Crippen LogP contribution in [0.15, 0.2) is 24.3 Å². The van der Waals surface area contributed by atoms with Crippen LogP contribution >= 0.6 is 0 Å². The van der Waals surface area contributed by atoms with Crippen molar-refractivity contribution >= 4 is 0 Å². The molecule has 1 atom stereocenters. The van der Waals surface area contributed by atoms with E-state index in [0.717, 1.165) is 5.56 Å². The third-order valence-corrected chi connectivity index (χ3v) is 3.49. The Hall–Kier alpha value is -0.860. The summed E-state index contributed by atoms with van der Waals surface area (Å²) in [6.07, 6.45) is 1.18. The Labute approximate surface area is 118 Å². The van der Waals surface area contributed by atoms with Gasteiger partial charge in [0.1, 0.15) is 0 Å². The highest BCUT2D eigenvalue weighted by atomic mass is 16.6. The topological polar surface area (TPSA) is 35.2 Å². The monoisotopic (exact) mass is 263 g/mol.